The Morgan fingerprint density at radius 3 is 2.21 bits per heavy atom. The molecule has 0 bridgehead atoms. The number of hydrogen-bond donors (Lipinski definition) is 2. The molecule has 2 aromatic carbocycles. The van der Waals surface area contributed by atoms with Crippen LogP contribution < -0.4 is 10.6 Å². The lowest BCUT2D eigenvalue weighted by atomic mass is 10.1. The van der Waals surface area contributed by atoms with E-state index >= 15 is 0 Å². The van der Waals surface area contributed by atoms with Crippen LogP contribution in [0.15, 0.2) is 48.5 Å². The minimum atomic E-state index is -0.294. The van der Waals surface area contributed by atoms with Crippen molar-refractivity contribution in [3.8, 4) is 0 Å². The van der Waals surface area contributed by atoms with Gasteiger partial charge in [-0.1, -0.05) is 42.0 Å². The summed E-state index contributed by atoms with van der Waals surface area (Å²) in [5.74, 6) is -0.647. The molecule has 3 amide bonds. The number of para-hydroxylation sites is 1. The maximum Gasteiger partial charge on any atom is 0.253 e. The molecule has 0 spiro atoms. The van der Waals surface area contributed by atoms with Gasteiger partial charge in [0, 0.05) is 20.6 Å². The lowest BCUT2D eigenvalue weighted by molar-refractivity contribution is -0.130. The quantitative estimate of drug-likeness (QED) is 0.714. The van der Waals surface area contributed by atoms with Crippen LogP contribution in [-0.2, 0) is 16.1 Å². The van der Waals surface area contributed by atoms with Crippen molar-refractivity contribution < 1.29 is 14.4 Å². The highest BCUT2D eigenvalue weighted by atomic mass is 16.2. The summed E-state index contributed by atoms with van der Waals surface area (Å²) in [6, 6.07) is 14.8. The largest absolute Gasteiger partial charge is 0.348 e. The molecule has 0 radical (unpaired) electrons. The minimum Gasteiger partial charge on any atom is -0.348 e. The molecule has 0 saturated carbocycles. The fourth-order valence-electron chi connectivity index (χ4n) is 2.64. The Bertz CT molecular complexity index is 863. The van der Waals surface area contributed by atoms with E-state index in [9.17, 15) is 14.4 Å². The molecule has 0 atom stereocenters. The number of benzene rings is 2. The summed E-state index contributed by atoms with van der Waals surface area (Å²) >= 11 is 0. The van der Waals surface area contributed by atoms with Crippen LogP contribution in [0.5, 0.6) is 0 Å². The highest BCUT2D eigenvalue weighted by Gasteiger charge is 2.15. The van der Waals surface area contributed by atoms with Crippen LogP contribution in [0.25, 0.3) is 0 Å². The molecule has 2 N–H and O–H groups in total. The third-order valence-electron chi connectivity index (χ3n) is 4.34. The van der Waals surface area contributed by atoms with Gasteiger partial charge in [0.2, 0.25) is 11.8 Å². The van der Waals surface area contributed by atoms with E-state index in [-0.39, 0.29) is 30.8 Å². The monoisotopic (exact) mass is 396 g/mol. The predicted molar refractivity (Wildman–Crippen MR) is 114 cm³/mol. The highest BCUT2D eigenvalue weighted by molar-refractivity contribution is 6.04. The molecule has 0 fully saturated rings. The van der Waals surface area contributed by atoms with Crippen molar-refractivity contribution >= 4 is 23.4 Å². The Labute approximate surface area is 171 Å². The van der Waals surface area contributed by atoms with Gasteiger partial charge < -0.3 is 15.5 Å². The van der Waals surface area contributed by atoms with E-state index in [2.05, 4.69) is 10.6 Å². The molecule has 7 nitrogen and oxygen atoms in total. The summed E-state index contributed by atoms with van der Waals surface area (Å²) in [4.78, 5) is 39.8. The van der Waals surface area contributed by atoms with Crippen molar-refractivity contribution in [2.75, 3.05) is 39.5 Å². The van der Waals surface area contributed by atoms with Crippen molar-refractivity contribution in [2.24, 2.45) is 0 Å². The first kappa shape index (κ1) is 22.1. The Hall–Kier alpha value is -3.19. The molecule has 7 heteroatoms. The van der Waals surface area contributed by atoms with Crippen LogP contribution >= 0.6 is 0 Å². The number of carbonyl (C=O) groups excluding carboxylic acids is 3. The van der Waals surface area contributed by atoms with E-state index < -0.39 is 0 Å². The average Bonchev–Trinajstić information content (AvgIpc) is 2.67. The lowest BCUT2D eigenvalue weighted by Crippen LogP contribution is -2.38. The fourth-order valence-corrected chi connectivity index (χ4v) is 2.64. The SMILES string of the molecule is Cc1ccc(CNC(=O)c2ccccc2NC(=O)CN(C)CC(=O)N(C)C)cc1. The molecule has 0 heterocycles. The van der Waals surface area contributed by atoms with Gasteiger partial charge in [-0.2, -0.15) is 0 Å². The predicted octanol–water partition coefficient (Wildman–Crippen LogP) is 1.88. The van der Waals surface area contributed by atoms with Crippen molar-refractivity contribution in [2.45, 2.75) is 13.5 Å². The summed E-state index contributed by atoms with van der Waals surface area (Å²) in [7, 11) is 5.03. The Morgan fingerprint density at radius 1 is 0.897 bits per heavy atom. The third-order valence-corrected chi connectivity index (χ3v) is 4.34. The summed E-state index contributed by atoms with van der Waals surface area (Å²) < 4.78 is 0. The smallest absolute Gasteiger partial charge is 0.253 e. The molecule has 0 aliphatic carbocycles. The Kier molecular flexibility index (Phi) is 7.91. The summed E-state index contributed by atoms with van der Waals surface area (Å²) in [5.41, 5.74) is 2.98. The average molecular weight is 396 g/mol. The van der Waals surface area contributed by atoms with Gasteiger partial charge in [-0.05, 0) is 31.7 Å². The van der Waals surface area contributed by atoms with Crippen molar-refractivity contribution in [3.63, 3.8) is 0 Å². The maximum atomic E-state index is 12.6. The standard InChI is InChI=1S/C22H28N4O3/c1-16-9-11-17(12-10-16)13-23-22(29)18-7-5-6-8-19(18)24-20(27)14-26(4)15-21(28)25(2)3/h5-12H,13-15H2,1-4H3,(H,23,29)(H,24,27). The number of amides is 3. The second-order valence-electron chi connectivity index (χ2n) is 7.22. The molecule has 0 aliphatic rings. The lowest BCUT2D eigenvalue weighted by Gasteiger charge is -2.19. The maximum absolute atomic E-state index is 12.6. The molecule has 0 saturated heterocycles. The van der Waals surface area contributed by atoms with Gasteiger partial charge in [-0.3, -0.25) is 19.3 Å². The number of carbonyl (C=O) groups is 3. The van der Waals surface area contributed by atoms with E-state index in [4.69, 9.17) is 0 Å². The first-order chi connectivity index (χ1) is 13.8. The van der Waals surface area contributed by atoms with Gasteiger partial charge in [0.05, 0.1) is 24.3 Å². The van der Waals surface area contributed by atoms with Gasteiger partial charge in [0.25, 0.3) is 5.91 Å². The first-order valence-electron chi connectivity index (χ1n) is 9.37. The number of nitrogens with zero attached hydrogens (tertiary/aromatic N) is 2. The van der Waals surface area contributed by atoms with E-state index in [0.29, 0.717) is 17.8 Å². The normalized spacial score (nSPS) is 10.5. The Morgan fingerprint density at radius 2 is 1.55 bits per heavy atom. The molecule has 0 aliphatic heterocycles. The second-order valence-corrected chi connectivity index (χ2v) is 7.22. The van der Waals surface area contributed by atoms with Crippen LogP contribution in [0.4, 0.5) is 5.69 Å². The zero-order valence-electron chi connectivity index (χ0n) is 17.4. The van der Waals surface area contributed by atoms with Crippen molar-refractivity contribution in [1.29, 1.82) is 0 Å². The van der Waals surface area contributed by atoms with Crippen molar-refractivity contribution in [1.82, 2.24) is 15.1 Å². The van der Waals surface area contributed by atoms with Crippen LogP contribution in [0.2, 0.25) is 0 Å². The van der Waals surface area contributed by atoms with Crippen LogP contribution in [0.1, 0.15) is 21.5 Å². The van der Waals surface area contributed by atoms with Gasteiger partial charge in [0.15, 0.2) is 0 Å². The molecule has 154 valence electrons. The summed E-state index contributed by atoms with van der Waals surface area (Å²) in [5, 5.41) is 5.64. The van der Waals surface area contributed by atoms with Gasteiger partial charge in [-0.25, -0.2) is 0 Å². The zero-order valence-corrected chi connectivity index (χ0v) is 17.4. The number of aryl methyl sites for hydroxylation is 1. The van der Waals surface area contributed by atoms with E-state index in [1.54, 1.807) is 50.3 Å². The number of hydrogen-bond acceptors (Lipinski definition) is 4. The highest BCUT2D eigenvalue weighted by Crippen LogP contribution is 2.15. The zero-order chi connectivity index (χ0) is 21.4. The number of anilines is 1. The van der Waals surface area contributed by atoms with E-state index in [1.165, 1.54) is 4.90 Å². The number of rotatable bonds is 8. The van der Waals surface area contributed by atoms with E-state index in [0.717, 1.165) is 11.1 Å². The van der Waals surface area contributed by atoms with Gasteiger partial charge in [0.1, 0.15) is 0 Å². The first-order valence-corrected chi connectivity index (χ1v) is 9.37. The van der Waals surface area contributed by atoms with Crippen LogP contribution in [-0.4, -0.2) is 61.8 Å². The molecule has 0 unspecified atom stereocenters. The fraction of sp³-hybridized carbons (Fsp3) is 0.318. The Balaban J connectivity index is 1.96. The minimum absolute atomic E-state index is 0.0406. The number of likely N-dealkylation sites (N-methyl/N-ethyl adjacent to an activating group) is 2. The molecule has 0 aromatic heterocycles. The summed E-state index contributed by atoms with van der Waals surface area (Å²) in [6.45, 7) is 2.59. The van der Waals surface area contributed by atoms with Gasteiger partial charge >= 0.3 is 0 Å². The van der Waals surface area contributed by atoms with Crippen LogP contribution in [0, 0.1) is 6.92 Å². The number of nitrogens with one attached hydrogen (secondary N) is 2. The van der Waals surface area contributed by atoms with Crippen molar-refractivity contribution in [3.05, 3.63) is 65.2 Å². The molecule has 2 rings (SSSR count). The topological polar surface area (TPSA) is 81.8 Å². The summed E-state index contributed by atoms with van der Waals surface area (Å²) in [6.07, 6.45) is 0. The molecular formula is C22H28N4O3. The van der Waals surface area contributed by atoms with E-state index in [1.807, 2.05) is 31.2 Å². The molecular weight excluding hydrogens is 368 g/mol. The third kappa shape index (κ3) is 7.04. The van der Waals surface area contributed by atoms with Crippen LogP contribution in [0.3, 0.4) is 0 Å². The second kappa shape index (κ2) is 10.4. The van der Waals surface area contributed by atoms with Gasteiger partial charge in [-0.15, -0.1) is 0 Å². The molecule has 29 heavy (non-hydrogen) atoms. The molecule has 2 aromatic rings.